The van der Waals surface area contributed by atoms with Crippen LogP contribution in [0.1, 0.15) is 26.2 Å². The Morgan fingerprint density at radius 1 is 1.56 bits per heavy atom. The Morgan fingerprint density at radius 3 is 3.17 bits per heavy atom. The summed E-state index contributed by atoms with van der Waals surface area (Å²) in [6.45, 7) is 5.44. The zero-order valence-corrected chi connectivity index (χ0v) is 10.9. The molecule has 1 atom stereocenters. The highest BCUT2D eigenvalue weighted by molar-refractivity contribution is 5.74. The van der Waals surface area contributed by atoms with Crippen LogP contribution in [0.25, 0.3) is 0 Å². The van der Waals surface area contributed by atoms with Gasteiger partial charge >= 0.3 is 6.03 Å². The van der Waals surface area contributed by atoms with Gasteiger partial charge in [0.05, 0.1) is 6.20 Å². The van der Waals surface area contributed by atoms with E-state index in [-0.39, 0.29) is 6.03 Å². The minimum absolute atomic E-state index is 0.0696. The van der Waals surface area contributed by atoms with Crippen molar-refractivity contribution in [2.75, 3.05) is 19.6 Å². The molecule has 1 aliphatic rings. The number of nitrogens with zero attached hydrogens (tertiary/aromatic N) is 4. The summed E-state index contributed by atoms with van der Waals surface area (Å²) < 4.78 is 1.77. The van der Waals surface area contributed by atoms with Gasteiger partial charge in [-0.05, 0) is 25.2 Å². The first-order valence-corrected chi connectivity index (χ1v) is 6.62. The summed E-state index contributed by atoms with van der Waals surface area (Å²) in [5.41, 5.74) is 0. The van der Waals surface area contributed by atoms with Gasteiger partial charge in [0.15, 0.2) is 0 Å². The largest absolute Gasteiger partial charge is 0.338 e. The molecule has 0 bridgehead atoms. The molecule has 1 aromatic rings. The van der Waals surface area contributed by atoms with Crippen molar-refractivity contribution in [1.82, 2.24) is 25.2 Å². The average Bonchev–Trinajstić information content (AvgIpc) is 2.87. The molecule has 2 amide bonds. The van der Waals surface area contributed by atoms with E-state index in [1.165, 1.54) is 6.42 Å². The van der Waals surface area contributed by atoms with Gasteiger partial charge in [0, 0.05) is 32.4 Å². The molecule has 0 saturated carbocycles. The van der Waals surface area contributed by atoms with Crippen LogP contribution in [0.3, 0.4) is 0 Å². The van der Waals surface area contributed by atoms with E-state index in [9.17, 15) is 4.79 Å². The second kappa shape index (κ2) is 6.37. The van der Waals surface area contributed by atoms with Crippen molar-refractivity contribution in [2.45, 2.75) is 32.7 Å². The van der Waals surface area contributed by atoms with E-state index >= 15 is 0 Å². The monoisotopic (exact) mass is 251 g/mol. The molecule has 1 N–H and O–H groups in total. The van der Waals surface area contributed by atoms with Gasteiger partial charge in [-0.25, -0.2) is 4.79 Å². The van der Waals surface area contributed by atoms with Gasteiger partial charge in [-0.2, -0.15) is 0 Å². The smallest absolute Gasteiger partial charge is 0.317 e. The van der Waals surface area contributed by atoms with Crippen molar-refractivity contribution in [3.05, 3.63) is 12.4 Å². The molecular formula is C12H21N5O. The molecule has 1 saturated heterocycles. The molecule has 0 aromatic carbocycles. The number of hydrogen-bond donors (Lipinski definition) is 1. The quantitative estimate of drug-likeness (QED) is 0.815. The molecule has 1 unspecified atom stereocenters. The summed E-state index contributed by atoms with van der Waals surface area (Å²) in [5, 5.41) is 10.6. The second-order valence-corrected chi connectivity index (χ2v) is 4.95. The van der Waals surface area contributed by atoms with Gasteiger partial charge in [-0.3, -0.25) is 4.68 Å². The molecule has 1 aliphatic heterocycles. The zero-order chi connectivity index (χ0) is 12.8. The van der Waals surface area contributed by atoms with Crippen LogP contribution in [0.4, 0.5) is 4.79 Å². The van der Waals surface area contributed by atoms with E-state index in [0.29, 0.717) is 12.5 Å². The number of piperidine rings is 1. The van der Waals surface area contributed by atoms with Crippen molar-refractivity contribution >= 4 is 6.03 Å². The molecular weight excluding hydrogens is 230 g/mol. The van der Waals surface area contributed by atoms with Crippen molar-refractivity contribution in [1.29, 1.82) is 0 Å². The lowest BCUT2D eigenvalue weighted by Crippen LogP contribution is -2.45. The van der Waals surface area contributed by atoms with Crippen molar-refractivity contribution in [3.63, 3.8) is 0 Å². The lowest BCUT2D eigenvalue weighted by Gasteiger charge is -2.30. The summed E-state index contributed by atoms with van der Waals surface area (Å²) in [5.74, 6) is 0.625. The summed E-state index contributed by atoms with van der Waals surface area (Å²) in [7, 11) is 0. The van der Waals surface area contributed by atoms with Crippen LogP contribution in [0.15, 0.2) is 12.4 Å². The molecule has 0 radical (unpaired) electrons. The lowest BCUT2D eigenvalue weighted by atomic mass is 10.0. The van der Waals surface area contributed by atoms with Gasteiger partial charge in [0.25, 0.3) is 0 Å². The number of aryl methyl sites for hydroxylation is 1. The summed E-state index contributed by atoms with van der Waals surface area (Å²) in [6, 6.07) is 0.0696. The summed E-state index contributed by atoms with van der Waals surface area (Å²) in [6.07, 6.45) is 6.71. The first-order valence-electron chi connectivity index (χ1n) is 6.62. The maximum Gasteiger partial charge on any atom is 0.317 e. The first kappa shape index (κ1) is 12.9. The number of carbonyl (C=O) groups is 1. The number of likely N-dealkylation sites (tertiary alicyclic amines) is 1. The number of amides is 2. The fourth-order valence-electron chi connectivity index (χ4n) is 2.27. The van der Waals surface area contributed by atoms with Gasteiger partial charge in [-0.15, -0.1) is 5.10 Å². The van der Waals surface area contributed by atoms with E-state index < -0.39 is 0 Å². The van der Waals surface area contributed by atoms with Gasteiger partial charge < -0.3 is 10.2 Å². The topological polar surface area (TPSA) is 63.1 Å². The number of hydrogen-bond acceptors (Lipinski definition) is 3. The van der Waals surface area contributed by atoms with Crippen molar-refractivity contribution in [3.8, 4) is 0 Å². The molecule has 1 aromatic heterocycles. The van der Waals surface area contributed by atoms with Crippen molar-refractivity contribution in [2.24, 2.45) is 5.92 Å². The number of urea groups is 1. The molecule has 2 heterocycles. The highest BCUT2D eigenvalue weighted by Gasteiger charge is 2.20. The number of aromatic nitrogens is 3. The molecule has 0 spiro atoms. The second-order valence-electron chi connectivity index (χ2n) is 4.95. The first-order chi connectivity index (χ1) is 8.75. The lowest BCUT2D eigenvalue weighted by molar-refractivity contribution is 0.169. The van der Waals surface area contributed by atoms with E-state index in [4.69, 9.17) is 0 Å². The third-order valence-corrected chi connectivity index (χ3v) is 3.26. The Morgan fingerprint density at radius 2 is 2.44 bits per heavy atom. The van der Waals surface area contributed by atoms with Gasteiger partial charge in [-0.1, -0.05) is 12.1 Å². The number of carbonyl (C=O) groups excluding carboxylic acids is 1. The van der Waals surface area contributed by atoms with Crippen LogP contribution < -0.4 is 5.32 Å². The summed E-state index contributed by atoms with van der Waals surface area (Å²) in [4.78, 5) is 13.8. The van der Waals surface area contributed by atoms with Crippen LogP contribution in [0.5, 0.6) is 0 Å². The highest BCUT2D eigenvalue weighted by Crippen LogP contribution is 2.15. The Kier molecular flexibility index (Phi) is 4.55. The van der Waals surface area contributed by atoms with Crippen LogP contribution in [0.2, 0.25) is 0 Å². The summed E-state index contributed by atoms with van der Waals surface area (Å²) >= 11 is 0. The van der Waals surface area contributed by atoms with E-state index in [0.717, 1.165) is 32.5 Å². The number of rotatable bonds is 4. The standard InChI is InChI=1S/C12H21N5O/c1-11-4-2-7-16(10-11)12(18)13-5-3-8-17-9-6-14-15-17/h6,9,11H,2-5,7-8,10H2,1H3,(H,13,18). The van der Waals surface area contributed by atoms with Crippen LogP contribution in [0, 0.1) is 5.92 Å². The molecule has 2 rings (SSSR count). The predicted octanol–water partition coefficient (Wildman–Crippen LogP) is 1.11. The van der Waals surface area contributed by atoms with E-state index in [2.05, 4.69) is 22.6 Å². The normalized spacial score (nSPS) is 19.8. The fraction of sp³-hybridized carbons (Fsp3) is 0.750. The van der Waals surface area contributed by atoms with E-state index in [1.807, 2.05) is 11.1 Å². The SMILES string of the molecule is CC1CCCN(C(=O)NCCCn2ccnn2)C1. The highest BCUT2D eigenvalue weighted by atomic mass is 16.2. The Balaban J connectivity index is 1.62. The molecule has 18 heavy (non-hydrogen) atoms. The van der Waals surface area contributed by atoms with Crippen LogP contribution in [-0.4, -0.2) is 45.6 Å². The number of nitrogens with one attached hydrogen (secondary N) is 1. The maximum atomic E-state index is 11.9. The molecule has 6 heteroatoms. The van der Waals surface area contributed by atoms with Crippen LogP contribution in [-0.2, 0) is 6.54 Å². The Hall–Kier alpha value is -1.59. The minimum Gasteiger partial charge on any atom is -0.338 e. The molecule has 1 fully saturated rings. The maximum absolute atomic E-state index is 11.9. The Labute approximate surface area is 107 Å². The average molecular weight is 251 g/mol. The molecule has 100 valence electrons. The van der Waals surface area contributed by atoms with Gasteiger partial charge in [0.2, 0.25) is 0 Å². The minimum atomic E-state index is 0.0696. The Bertz CT molecular complexity index is 365. The molecule has 0 aliphatic carbocycles. The third kappa shape index (κ3) is 3.72. The predicted molar refractivity (Wildman–Crippen MR) is 68.0 cm³/mol. The fourth-order valence-corrected chi connectivity index (χ4v) is 2.27. The molecule has 6 nitrogen and oxygen atoms in total. The van der Waals surface area contributed by atoms with Crippen LogP contribution >= 0.6 is 0 Å². The van der Waals surface area contributed by atoms with Crippen molar-refractivity contribution < 1.29 is 4.79 Å². The van der Waals surface area contributed by atoms with Gasteiger partial charge in [0.1, 0.15) is 0 Å². The third-order valence-electron chi connectivity index (χ3n) is 3.26. The zero-order valence-electron chi connectivity index (χ0n) is 10.9. The van der Waals surface area contributed by atoms with E-state index in [1.54, 1.807) is 10.9 Å².